The summed E-state index contributed by atoms with van der Waals surface area (Å²) in [6.45, 7) is 0. The lowest BCUT2D eigenvalue weighted by Gasteiger charge is -2.10. The number of rotatable bonds is 3. The Morgan fingerprint density at radius 2 is 1.80 bits per heavy atom. The molecule has 0 amide bonds. The molecule has 0 spiro atoms. The van der Waals surface area contributed by atoms with Crippen LogP contribution in [0.3, 0.4) is 0 Å². The highest BCUT2D eigenvalue weighted by molar-refractivity contribution is 5.92. The second-order valence-corrected chi connectivity index (χ2v) is 4.07. The highest BCUT2D eigenvalue weighted by Gasteiger charge is 2.15. The van der Waals surface area contributed by atoms with Gasteiger partial charge < -0.3 is 9.47 Å². The van der Waals surface area contributed by atoms with Gasteiger partial charge in [0.2, 0.25) is 5.82 Å². The minimum atomic E-state index is 0.560. The Labute approximate surface area is 114 Å². The summed E-state index contributed by atoms with van der Waals surface area (Å²) >= 11 is 0. The van der Waals surface area contributed by atoms with E-state index >= 15 is 0 Å². The third-order valence-corrected chi connectivity index (χ3v) is 2.97. The first-order chi connectivity index (χ1) is 9.74. The molecular weight excluding hydrogens is 260 g/mol. The minimum absolute atomic E-state index is 0.560. The van der Waals surface area contributed by atoms with Gasteiger partial charge in [0.15, 0.2) is 11.5 Å². The number of aromatic nitrogens is 6. The van der Waals surface area contributed by atoms with Crippen molar-refractivity contribution < 1.29 is 9.47 Å². The first-order valence-electron chi connectivity index (χ1n) is 5.84. The first kappa shape index (κ1) is 12.3. The molecule has 0 radical (unpaired) electrons. The van der Waals surface area contributed by atoms with E-state index in [1.807, 2.05) is 6.07 Å². The minimum Gasteiger partial charge on any atom is -0.493 e. The molecule has 8 heteroatoms. The van der Waals surface area contributed by atoms with Crippen LogP contribution in [-0.4, -0.2) is 44.4 Å². The van der Waals surface area contributed by atoms with Gasteiger partial charge in [-0.1, -0.05) is 0 Å². The zero-order valence-electron chi connectivity index (χ0n) is 11.2. The molecule has 0 N–H and O–H groups in total. The second-order valence-electron chi connectivity index (χ2n) is 4.07. The maximum absolute atomic E-state index is 5.31. The first-order valence-corrected chi connectivity index (χ1v) is 5.84. The fraction of sp³-hybridized carbons (Fsp3) is 0.250. The summed E-state index contributed by atoms with van der Waals surface area (Å²) in [5, 5.41) is 12.2. The van der Waals surface area contributed by atoms with Crippen LogP contribution in [0.15, 0.2) is 18.5 Å². The van der Waals surface area contributed by atoms with Crippen molar-refractivity contribution in [3.05, 3.63) is 18.5 Å². The number of fused-ring (bicyclic) bond motifs is 1. The number of nitrogens with zero attached hydrogens (tertiary/aromatic N) is 6. The van der Waals surface area contributed by atoms with E-state index in [1.54, 1.807) is 32.0 Å². The van der Waals surface area contributed by atoms with Crippen LogP contribution in [0.5, 0.6) is 11.5 Å². The molecule has 0 unspecified atom stereocenters. The molecular formula is C12H12N6O2. The molecule has 0 atom stereocenters. The molecule has 2 heterocycles. The van der Waals surface area contributed by atoms with Crippen LogP contribution in [0.1, 0.15) is 0 Å². The molecule has 8 nitrogen and oxygen atoms in total. The van der Waals surface area contributed by atoms with Crippen LogP contribution in [0, 0.1) is 0 Å². The number of aryl methyl sites for hydroxylation is 1. The summed E-state index contributed by atoms with van der Waals surface area (Å²) in [7, 11) is 4.92. The van der Waals surface area contributed by atoms with Crippen molar-refractivity contribution in [2.24, 2.45) is 7.05 Å². The van der Waals surface area contributed by atoms with Gasteiger partial charge >= 0.3 is 0 Å². The van der Waals surface area contributed by atoms with Crippen molar-refractivity contribution in [1.82, 2.24) is 30.2 Å². The highest BCUT2D eigenvalue weighted by Crippen LogP contribution is 2.34. The van der Waals surface area contributed by atoms with Gasteiger partial charge in [-0.15, -0.1) is 5.10 Å². The summed E-state index contributed by atoms with van der Waals surface area (Å²) in [6.07, 6.45) is 1.47. The molecule has 0 bridgehead atoms. The number of benzene rings is 1. The van der Waals surface area contributed by atoms with Crippen LogP contribution in [-0.2, 0) is 7.05 Å². The number of hydrogen-bond donors (Lipinski definition) is 0. The van der Waals surface area contributed by atoms with Crippen LogP contribution >= 0.6 is 0 Å². The lowest BCUT2D eigenvalue weighted by Crippen LogP contribution is -1.99. The molecule has 20 heavy (non-hydrogen) atoms. The van der Waals surface area contributed by atoms with Gasteiger partial charge in [0.1, 0.15) is 12.0 Å². The average molecular weight is 272 g/mol. The Hall–Kier alpha value is -2.77. The molecule has 2 aromatic heterocycles. The Balaban J connectivity index is 2.32. The Kier molecular flexibility index (Phi) is 2.90. The van der Waals surface area contributed by atoms with Crippen LogP contribution in [0.4, 0.5) is 0 Å². The summed E-state index contributed by atoms with van der Waals surface area (Å²) in [6, 6.07) is 3.61. The van der Waals surface area contributed by atoms with Gasteiger partial charge in [-0.3, -0.25) is 0 Å². The van der Waals surface area contributed by atoms with Gasteiger partial charge in [0, 0.05) is 18.5 Å². The third kappa shape index (κ3) is 1.81. The van der Waals surface area contributed by atoms with E-state index < -0.39 is 0 Å². The van der Waals surface area contributed by atoms with Gasteiger partial charge in [-0.2, -0.15) is 0 Å². The summed E-state index contributed by atoms with van der Waals surface area (Å²) in [4.78, 5) is 8.51. The van der Waals surface area contributed by atoms with Crippen molar-refractivity contribution in [1.29, 1.82) is 0 Å². The lowest BCUT2D eigenvalue weighted by molar-refractivity contribution is 0.356. The van der Waals surface area contributed by atoms with E-state index in [2.05, 4.69) is 25.5 Å². The maximum atomic E-state index is 5.31. The molecule has 0 fully saturated rings. The monoisotopic (exact) mass is 272 g/mol. The van der Waals surface area contributed by atoms with Gasteiger partial charge in [-0.05, 0) is 16.5 Å². The Bertz CT molecular complexity index is 770. The van der Waals surface area contributed by atoms with Crippen molar-refractivity contribution in [3.8, 4) is 23.0 Å². The largest absolute Gasteiger partial charge is 0.493 e. The SMILES string of the molecule is COc1cc2ncnc(-c3nnnn3C)c2cc1OC. The number of hydrogen-bond acceptors (Lipinski definition) is 7. The van der Waals surface area contributed by atoms with Crippen molar-refractivity contribution in [3.63, 3.8) is 0 Å². The van der Waals surface area contributed by atoms with Gasteiger partial charge in [0.05, 0.1) is 19.7 Å². The molecule has 102 valence electrons. The highest BCUT2D eigenvalue weighted by atomic mass is 16.5. The number of ether oxygens (including phenoxy) is 2. The van der Waals surface area contributed by atoms with E-state index in [0.29, 0.717) is 23.0 Å². The number of tetrazole rings is 1. The zero-order valence-corrected chi connectivity index (χ0v) is 11.2. The molecule has 0 aliphatic carbocycles. The lowest BCUT2D eigenvalue weighted by atomic mass is 10.1. The Morgan fingerprint density at radius 3 is 2.45 bits per heavy atom. The zero-order chi connectivity index (χ0) is 14.1. The third-order valence-electron chi connectivity index (χ3n) is 2.97. The molecule has 0 saturated carbocycles. The fourth-order valence-electron chi connectivity index (χ4n) is 1.99. The van der Waals surface area contributed by atoms with Crippen molar-refractivity contribution in [2.75, 3.05) is 14.2 Å². The molecule has 3 aromatic rings. The summed E-state index contributed by atoms with van der Waals surface area (Å²) in [5.41, 5.74) is 1.37. The predicted molar refractivity (Wildman–Crippen MR) is 70.4 cm³/mol. The normalized spacial score (nSPS) is 10.8. The van der Waals surface area contributed by atoms with Gasteiger partial charge in [0.25, 0.3) is 0 Å². The standard InChI is InChI=1S/C12H12N6O2/c1-18-12(15-16-17-18)11-7-4-9(19-2)10(20-3)5-8(7)13-6-14-11/h4-6H,1-3H3. The van der Waals surface area contributed by atoms with Crippen LogP contribution in [0.2, 0.25) is 0 Å². The smallest absolute Gasteiger partial charge is 0.201 e. The van der Waals surface area contributed by atoms with E-state index in [-0.39, 0.29) is 0 Å². The molecule has 0 aliphatic rings. The van der Waals surface area contributed by atoms with E-state index in [0.717, 1.165) is 10.9 Å². The second kappa shape index (κ2) is 4.72. The molecule has 0 saturated heterocycles. The molecule has 3 rings (SSSR count). The van der Waals surface area contributed by atoms with Crippen LogP contribution < -0.4 is 9.47 Å². The van der Waals surface area contributed by atoms with Crippen molar-refractivity contribution in [2.45, 2.75) is 0 Å². The summed E-state index contributed by atoms with van der Waals surface area (Å²) < 4.78 is 12.1. The van der Waals surface area contributed by atoms with E-state index in [9.17, 15) is 0 Å². The topological polar surface area (TPSA) is 87.8 Å². The Morgan fingerprint density at radius 1 is 1.05 bits per heavy atom. The molecule has 1 aromatic carbocycles. The van der Waals surface area contributed by atoms with E-state index in [4.69, 9.17) is 9.47 Å². The number of methoxy groups -OCH3 is 2. The summed E-state index contributed by atoms with van der Waals surface area (Å²) in [5.74, 6) is 1.77. The quantitative estimate of drug-likeness (QED) is 0.698. The van der Waals surface area contributed by atoms with Gasteiger partial charge in [-0.25, -0.2) is 14.6 Å². The fourth-order valence-corrected chi connectivity index (χ4v) is 1.99. The van der Waals surface area contributed by atoms with Crippen molar-refractivity contribution >= 4 is 10.9 Å². The maximum Gasteiger partial charge on any atom is 0.201 e. The van der Waals surface area contributed by atoms with Crippen LogP contribution in [0.25, 0.3) is 22.4 Å². The average Bonchev–Trinajstić information content (AvgIpc) is 2.91. The predicted octanol–water partition coefficient (Wildman–Crippen LogP) is 0.837. The van der Waals surface area contributed by atoms with E-state index in [1.165, 1.54) is 6.33 Å². The molecule has 0 aliphatic heterocycles.